The van der Waals surface area contributed by atoms with Gasteiger partial charge in [-0.3, -0.25) is 0 Å². The predicted octanol–water partition coefficient (Wildman–Crippen LogP) is 4.22. The molecule has 0 fully saturated rings. The zero-order valence-electron chi connectivity index (χ0n) is 10.4. The zero-order valence-corrected chi connectivity index (χ0v) is 11.9. The summed E-state index contributed by atoms with van der Waals surface area (Å²) in [6.07, 6.45) is -0.749. The van der Waals surface area contributed by atoms with Crippen molar-refractivity contribution in [1.29, 1.82) is 0 Å². The SMILES string of the molecule is COCc1ccccc1C(O)c1ccc(Cl)c(Cl)c1. The van der Waals surface area contributed by atoms with Gasteiger partial charge in [-0.2, -0.15) is 0 Å². The van der Waals surface area contributed by atoms with Crippen LogP contribution in [0.15, 0.2) is 42.5 Å². The van der Waals surface area contributed by atoms with Crippen LogP contribution in [0, 0.1) is 0 Å². The standard InChI is InChI=1S/C15H14Cl2O2/c1-19-9-11-4-2-3-5-12(11)15(18)10-6-7-13(16)14(17)8-10/h2-8,15,18H,9H2,1H3. The first-order valence-corrected chi connectivity index (χ1v) is 6.59. The van der Waals surface area contributed by atoms with Gasteiger partial charge in [0.05, 0.1) is 16.7 Å². The molecule has 1 unspecified atom stereocenters. The normalized spacial score (nSPS) is 12.4. The highest BCUT2D eigenvalue weighted by atomic mass is 35.5. The van der Waals surface area contributed by atoms with Crippen LogP contribution < -0.4 is 0 Å². The van der Waals surface area contributed by atoms with Gasteiger partial charge in [-0.25, -0.2) is 0 Å². The van der Waals surface area contributed by atoms with Gasteiger partial charge in [0.15, 0.2) is 0 Å². The topological polar surface area (TPSA) is 29.5 Å². The van der Waals surface area contributed by atoms with Crippen LogP contribution in [0.25, 0.3) is 0 Å². The molecule has 1 atom stereocenters. The molecule has 0 saturated carbocycles. The second-order valence-electron chi connectivity index (χ2n) is 4.21. The lowest BCUT2D eigenvalue weighted by Crippen LogP contribution is -2.04. The summed E-state index contributed by atoms with van der Waals surface area (Å²) in [6.45, 7) is 0.453. The zero-order chi connectivity index (χ0) is 13.8. The van der Waals surface area contributed by atoms with Crippen molar-refractivity contribution in [2.45, 2.75) is 12.7 Å². The second kappa shape index (κ2) is 6.40. The molecule has 0 aliphatic rings. The molecule has 0 radical (unpaired) electrons. The average Bonchev–Trinajstić information content (AvgIpc) is 2.42. The number of rotatable bonds is 4. The number of methoxy groups -OCH3 is 1. The van der Waals surface area contributed by atoms with Crippen molar-refractivity contribution in [3.8, 4) is 0 Å². The van der Waals surface area contributed by atoms with E-state index in [9.17, 15) is 5.11 Å². The summed E-state index contributed by atoms with van der Waals surface area (Å²) in [4.78, 5) is 0. The molecular formula is C15H14Cl2O2. The molecule has 0 bridgehead atoms. The first kappa shape index (κ1) is 14.4. The molecule has 0 aliphatic carbocycles. The van der Waals surface area contributed by atoms with Crippen molar-refractivity contribution < 1.29 is 9.84 Å². The third-order valence-electron chi connectivity index (χ3n) is 2.91. The summed E-state index contributed by atoms with van der Waals surface area (Å²) in [5.74, 6) is 0. The third kappa shape index (κ3) is 3.28. The van der Waals surface area contributed by atoms with Crippen LogP contribution in [-0.4, -0.2) is 12.2 Å². The van der Waals surface area contributed by atoms with Crippen molar-refractivity contribution in [3.05, 3.63) is 69.2 Å². The van der Waals surface area contributed by atoms with Crippen LogP contribution in [0.5, 0.6) is 0 Å². The number of benzene rings is 2. The van der Waals surface area contributed by atoms with E-state index in [1.807, 2.05) is 24.3 Å². The summed E-state index contributed by atoms with van der Waals surface area (Å²) >= 11 is 11.9. The maximum absolute atomic E-state index is 10.5. The lowest BCUT2D eigenvalue weighted by molar-refractivity contribution is 0.176. The van der Waals surface area contributed by atoms with Crippen LogP contribution >= 0.6 is 23.2 Å². The fraction of sp³-hybridized carbons (Fsp3) is 0.200. The number of aliphatic hydroxyl groups excluding tert-OH is 1. The summed E-state index contributed by atoms with van der Waals surface area (Å²) in [5, 5.41) is 11.4. The molecule has 0 saturated heterocycles. The molecule has 4 heteroatoms. The molecule has 0 aromatic heterocycles. The monoisotopic (exact) mass is 296 g/mol. The van der Waals surface area contributed by atoms with E-state index >= 15 is 0 Å². The Labute approximate surface area is 122 Å². The highest BCUT2D eigenvalue weighted by Crippen LogP contribution is 2.30. The van der Waals surface area contributed by atoms with E-state index in [4.69, 9.17) is 27.9 Å². The van der Waals surface area contributed by atoms with E-state index in [0.29, 0.717) is 22.2 Å². The molecule has 2 aromatic carbocycles. The van der Waals surface area contributed by atoms with Crippen molar-refractivity contribution in [2.24, 2.45) is 0 Å². The van der Waals surface area contributed by atoms with Gasteiger partial charge >= 0.3 is 0 Å². The van der Waals surface area contributed by atoms with Crippen LogP contribution in [0.4, 0.5) is 0 Å². The highest BCUT2D eigenvalue weighted by molar-refractivity contribution is 6.42. The Bertz CT molecular complexity index is 570. The van der Waals surface area contributed by atoms with E-state index < -0.39 is 6.10 Å². The summed E-state index contributed by atoms with van der Waals surface area (Å²) in [5.41, 5.74) is 2.46. The number of ether oxygens (including phenoxy) is 1. The minimum atomic E-state index is -0.749. The Morgan fingerprint density at radius 1 is 1.11 bits per heavy atom. The van der Waals surface area contributed by atoms with Crippen molar-refractivity contribution in [1.82, 2.24) is 0 Å². The molecule has 1 N–H and O–H groups in total. The van der Waals surface area contributed by atoms with Gasteiger partial charge in [-0.15, -0.1) is 0 Å². The average molecular weight is 297 g/mol. The number of halogens is 2. The maximum atomic E-state index is 10.5. The summed E-state index contributed by atoms with van der Waals surface area (Å²) in [7, 11) is 1.63. The Morgan fingerprint density at radius 3 is 2.53 bits per heavy atom. The quantitative estimate of drug-likeness (QED) is 0.915. The Morgan fingerprint density at radius 2 is 1.84 bits per heavy atom. The molecule has 0 spiro atoms. The van der Waals surface area contributed by atoms with Gasteiger partial charge in [-0.05, 0) is 28.8 Å². The van der Waals surface area contributed by atoms with Crippen molar-refractivity contribution in [2.75, 3.05) is 7.11 Å². The van der Waals surface area contributed by atoms with E-state index in [1.54, 1.807) is 25.3 Å². The first-order valence-electron chi connectivity index (χ1n) is 5.83. The molecular weight excluding hydrogens is 283 g/mol. The first-order chi connectivity index (χ1) is 9.13. The minimum absolute atomic E-state index is 0.433. The predicted molar refractivity (Wildman–Crippen MR) is 77.7 cm³/mol. The Kier molecular flexibility index (Phi) is 4.83. The molecule has 0 amide bonds. The summed E-state index contributed by atoms with van der Waals surface area (Å²) < 4.78 is 5.14. The van der Waals surface area contributed by atoms with E-state index in [-0.39, 0.29) is 0 Å². The van der Waals surface area contributed by atoms with Gasteiger partial charge < -0.3 is 9.84 Å². The maximum Gasteiger partial charge on any atom is 0.104 e. The smallest absolute Gasteiger partial charge is 0.104 e. The minimum Gasteiger partial charge on any atom is -0.384 e. The van der Waals surface area contributed by atoms with Gasteiger partial charge in [0, 0.05) is 7.11 Å². The molecule has 19 heavy (non-hydrogen) atoms. The molecule has 0 heterocycles. The van der Waals surface area contributed by atoms with Gasteiger partial charge in [-0.1, -0.05) is 53.5 Å². The van der Waals surface area contributed by atoms with Crippen molar-refractivity contribution >= 4 is 23.2 Å². The molecule has 2 aromatic rings. The second-order valence-corrected chi connectivity index (χ2v) is 5.02. The van der Waals surface area contributed by atoms with E-state index in [1.165, 1.54) is 0 Å². The van der Waals surface area contributed by atoms with Gasteiger partial charge in [0.25, 0.3) is 0 Å². The van der Waals surface area contributed by atoms with E-state index in [2.05, 4.69) is 0 Å². The molecule has 2 nitrogen and oxygen atoms in total. The van der Waals surface area contributed by atoms with Crippen LogP contribution in [0.2, 0.25) is 10.0 Å². The van der Waals surface area contributed by atoms with Crippen LogP contribution in [0.1, 0.15) is 22.8 Å². The lowest BCUT2D eigenvalue weighted by Gasteiger charge is -2.16. The van der Waals surface area contributed by atoms with Crippen LogP contribution in [-0.2, 0) is 11.3 Å². The lowest BCUT2D eigenvalue weighted by atomic mass is 9.97. The number of aliphatic hydroxyl groups is 1. The highest BCUT2D eigenvalue weighted by Gasteiger charge is 2.15. The fourth-order valence-electron chi connectivity index (χ4n) is 1.95. The van der Waals surface area contributed by atoms with E-state index in [0.717, 1.165) is 11.1 Å². The third-order valence-corrected chi connectivity index (χ3v) is 3.65. The molecule has 2 rings (SSSR count). The largest absolute Gasteiger partial charge is 0.384 e. The van der Waals surface area contributed by atoms with Gasteiger partial charge in [0.2, 0.25) is 0 Å². The van der Waals surface area contributed by atoms with Gasteiger partial charge in [0.1, 0.15) is 6.10 Å². The Balaban J connectivity index is 2.37. The fourth-order valence-corrected chi connectivity index (χ4v) is 2.26. The molecule has 100 valence electrons. The number of hydrogen-bond acceptors (Lipinski definition) is 2. The van der Waals surface area contributed by atoms with Crippen LogP contribution in [0.3, 0.4) is 0 Å². The Hall–Kier alpha value is -1.06. The molecule has 0 aliphatic heterocycles. The van der Waals surface area contributed by atoms with Crippen molar-refractivity contribution in [3.63, 3.8) is 0 Å². The summed E-state index contributed by atoms with van der Waals surface area (Å²) in [6, 6.07) is 12.7. The number of hydrogen-bond donors (Lipinski definition) is 1.